The van der Waals surface area contributed by atoms with Crippen LogP contribution < -0.4 is 0 Å². The molecule has 4 unspecified atom stereocenters. The van der Waals surface area contributed by atoms with E-state index in [1.165, 1.54) is 0 Å². The molecule has 5 nitrogen and oxygen atoms in total. The number of Topliss-reactive ketones (excluding diaryl/α,β-unsaturated/α-hetero) is 2. The van der Waals surface area contributed by atoms with Gasteiger partial charge in [0.25, 0.3) is 0 Å². The van der Waals surface area contributed by atoms with Crippen LogP contribution in [0.3, 0.4) is 0 Å². The quantitative estimate of drug-likeness (QED) is 0.216. The average Bonchev–Trinajstić information content (AvgIpc) is 2.99. The zero-order chi connectivity index (χ0) is 24.2. The molecular formula is C27H40O5. The van der Waals surface area contributed by atoms with Gasteiger partial charge in [-0.25, -0.2) is 0 Å². The maximum absolute atomic E-state index is 13.2. The van der Waals surface area contributed by atoms with Gasteiger partial charge in [0.15, 0.2) is 11.6 Å². The molecule has 0 bridgehead atoms. The monoisotopic (exact) mass is 444 g/mol. The van der Waals surface area contributed by atoms with E-state index >= 15 is 0 Å². The summed E-state index contributed by atoms with van der Waals surface area (Å²) in [6.45, 7) is 13.6. The molecule has 1 saturated carbocycles. The molecule has 0 aromatic heterocycles. The highest BCUT2D eigenvalue weighted by molar-refractivity contribution is 6.23. The number of allylic oxidation sites excluding steroid dienone is 6. The smallest absolute Gasteiger partial charge is 0.181 e. The fourth-order valence-corrected chi connectivity index (χ4v) is 5.04. The van der Waals surface area contributed by atoms with Gasteiger partial charge in [0.1, 0.15) is 17.1 Å². The van der Waals surface area contributed by atoms with Gasteiger partial charge in [0, 0.05) is 12.0 Å². The molecule has 2 aliphatic rings. The summed E-state index contributed by atoms with van der Waals surface area (Å²) in [6, 6.07) is 0. The highest BCUT2D eigenvalue weighted by Crippen LogP contribution is 2.48. The number of hydrogen-bond acceptors (Lipinski definition) is 5. The molecule has 0 heterocycles. The standard InChI is InChI=1S/C27H40O5/c1-7-8-9-10-22(28)23-25(30)19(12-11-16(2)3)24(29)20(26(23)31)15-21-18(17(4)5)13-14-27(21,6)32/h11,18-19,21,29,31-32H,4,7-10,12-15H2,1-3,5-6H3. The van der Waals surface area contributed by atoms with Gasteiger partial charge in [-0.3, -0.25) is 9.59 Å². The summed E-state index contributed by atoms with van der Waals surface area (Å²) >= 11 is 0. The molecule has 0 radical (unpaired) electrons. The van der Waals surface area contributed by atoms with Crippen molar-refractivity contribution in [3.05, 3.63) is 46.5 Å². The lowest BCUT2D eigenvalue weighted by atomic mass is 9.74. The zero-order valence-electron chi connectivity index (χ0n) is 20.3. The molecule has 4 atom stereocenters. The second kappa shape index (κ2) is 10.7. The van der Waals surface area contributed by atoms with E-state index < -0.39 is 23.1 Å². The molecule has 0 aliphatic heterocycles. The van der Waals surface area contributed by atoms with Gasteiger partial charge in [-0.1, -0.05) is 43.6 Å². The third-order valence-electron chi connectivity index (χ3n) is 7.08. The van der Waals surface area contributed by atoms with Crippen LogP contribution in [-0.4, -0.2) is 32.5 Å². The zero-order valence-corrected chi connectivity index (χ0v) is 20.3. The summed E-state index contributed by atoms with van der Waals surface area (Å²) in [4.78, 5) is 26.1. The van der Waals surface area contributed by atoms with Crippen LogP contribution in [0.1, 0.15) is 86.0 Å². The summed E-state index contributed by atoms with van der Waals surface area (Å²) in [5, 5.41) is 33.1. The van der Waals surface area contributed by atoms with E-state index in [1.54, 1.807) is 6.92 Å². The Morgan fingerprint density at radius 2 is 1.88 bits per heavy atom. The number of rotatable bonds is 10. The molecule has 2 aliphatic carbocycles. The van der Waals surface area contributed by atoms with Gasteiger partial charge in [-0.15, -0.1) is 0 Å². The van der Waals surface area contributed by atoms with Crippen molar-refractivity contribution in [2.24, 2.45) is 17.8 Å². The summed E-state index contributed by atoms with van der Waals surface area (Å²) in [5.74, 6) is -2.61. The van der Waals surface area contributed by atoms with Gasteiger partial charge < -0.3 is 15.3 Å². The number of carbonyl (C=O) groups is 2. The normalized spacial score (nSPS) is 28.3. The Morgan fingerprint density at radius 1 is 1.22 bits per heavy atom. The predicted octanol–water partition coefficient (Wildman–Crippen LogP) is 6.06. The van der Waals surface area contributed by atoms with Crippen molar-refractivity contribution in [2.45, 2.75) is 91.6 Å². The van der Waals surface area contributed by atoms with E-state index in [1.807, 2.05) is 33.8 Å². The summed E-state index contributed by atoms with van der Waals surface area (Å²) in [7, 11) is 0. The van der Waals surface area contributed by atoms with Crippen molar-refractivity contribution in [3.8, 4) is 0 Å². The molecule has 1 fully saturated rings. The maximum Gasteiger partial charge on any atom is 0.181 e. The number of carbonyl (C=O) groups excluding carboxylic acids is 2. The number of unbranched alkanes of at least 4 members (excludes halogenated alkanes) is 2. The molecule has 0 aromatic rings. The molecular weight excluding hydrogens is 404 g/mol. The van der Waals surface area contributed by atoms with E-state index in [0.717, 1.165) is 30.4 Å². The van der Waals surface area contributed by atoms with E-state index in [9.17, 15) is 24.9 Å². The molecule has 0 spiro atoms. The molecule has 2 rings (SSSR count). The first-order chi connectivity index (χ1) is 14.9. The minimum absolute atomic E-state index is 0.0377. The van der Waals surface area contributed by atoms with Crippen molar-refractivity contribution < 1.29 is 24.9 Å². The van der Waals surface area contributed by atoms with Gasteiger partial charge in [0.05, 0.1) is 11.5 Å². The Balaban J connectivity index is 2.51. The van der Waals surface area contributed by atoms with Crippen molar-refractivity contribution in [1.82, 2.24) is 0 Å². The van der Waals surface area contributed by atoms with Gasteiger partial charge in [-0.05, 0) is 71.6 Å². The minimum Gasteiger partial charge on any atom is -0.511 e. The SMILES string of the molecule is C=C(C)C1CCC(C)(O)C1CC1=C(O)C(CC=C(C)C)C(=O)C(C(=O)CCCCC)=C1O. The lowest BCUT2D eigenvalue weighted by Gasteiger charge is -2.33. The Morgan fingerprint density at radius 3 is 2.44 bits per heavy atom. The second-order valence-electron chi connectivity index (χ2n) is 10.1. The van der Waals surface area contributed by atoms with E-state index in [-0.39, 0.29) is 53.8 Å². The average molecular weight is 445 g/mol. The van der Waals surface area contributed by atoms with Crippen molar-refractivity contribution in [1.29, 1.82) is 0 Å². The van der Waals surface area contributed by atoms with Crippen LogP contribution >= 0.6 is 0 Å². The lowest BCUT2D eigenvalue weighted by molar-refractivity contribution is -0.124. The largest absolute Gasteiger partial charge is 0.511 e. The Bertz CT molecular complexity index is 851. The van der Waals surface area contributed by atoms with Crippen LogP contribution in [0.25, 0.3) is 0 Å². The van der Waals surface area contributed by atoms with E-state index in [0.29, 0.717) is 12.8 Å². The summed E-state index contributed by atoms with van der Waals surface area (Å²) in [6.07, 6.45) is 6.34. The van der Waals surface area contributed by atoms with E-state index in [4.69, 9.17) is 0 Å². The highest BCUT2D eigenvalue weighted by atomic mass is 16.3. The topological polar surface area (TPSA) is 94.8 Å². The lowest BCUT2D eigenvalue weighted by Crippen LogP contribution is -2.35. The Labute approximate surface area is 192 Å². The number of ketones is 2. The first-order valence-corrected chi connectivity index (χ1v) is 11.9. The summed E-state index contributed by atoms with van der Waals surface area (Å²) < 4.78 is 0. The Hall–Kier alpha value is -2.14. The molecule has 3 N–H and O–H groups in total. The molecule has 0 aromatic carbocycles. The van der Waals surface area contributed by atoms with Crippen LogP contribution in [0, 0.1) is 17.8 Å². The van der Waals surface area contributed by atoms with Crippen LogP contribution in [0.4, 0.5) is 0 Å². The molecule has 178 valence electrons. The van der Waals surface area contributed by atoms with Crippen molar-refractivity contribution >= 4 is 11.6 Å². The molecule has 0 saturated heterocycles. The third-order valence-corrected chi connectivity index (χ3v) is 7.08. The van der Waals surface area contributed by atoms with Gasteiger partial charge in [0.2, 0.25) is 0 Å². The molecule has 32 heavy (non-hydrogen) atoms. The van der Waals surface area contributed by atoms with Crippen molar-refractivity contribution in [2.75, 3.05) is 0 Å². The molecule has 0 amide bonds. The van der Waals surface area contributed by atoms with Crippen LogP contribution in [0.2, 0.25) is 0 Å². The van der Waals surface area contributed by atoms with Crippen LogP contribution in [0.5, 0.6) is 0 Å². The Kier molecular flexibility index (Phi) is 8.69. The highest BCUT2D eigenvalue weighted by Gasteiger charge is 2.47. The third kappa shape index (κ3) is 5.61. The predicted molar refractivity (Wildman–Crippen MR) is 127 cm³/mol. The molecule has 5 heteroatoms. The summed E-state index contributed by atoms with van der Waals surface area (Å²) in [5.41, 5.74) is 0.988. The van der Waals surface area contributed by atoms with Gasteiger partial charge >= 0.3 is 0 Å². The van der Waals surface area contributed by atoms with Gasteiger partial charge in [-0.2, -0.15) is 0 Å². The minimum atomic E-state index is -0.987. The number of hydrogen-bond donors (Lipinski definition) is 3. The maximum atomic E-state index is 13.2. The second-order valence-corrected chi connectivity index (χ2v) is 10.1. The van der Waals surface area contributed by atoms with Crippen molar-refractivity contribution in [3.63, 3.8) is 0 Å². The van der Waals surface area contributed by atoms with E-state index in [2.05, 4.69) is 6.58 Å². The fourth-order valence-electron chi connectivity index (χ4n) is 5.04. The first-order valence-electron chi connectivity index (χ1n) is 11.9. The fraction of sp³-hybridized carbons (Fsp3) is 0.630. The number of aliphatic hydroxyl groups excluding tert-OH is 2. The first kappa shape index (κ1) is 26.1. The number of aliphatic hydroxyl groups is 3. The van der Waals surface area contributed by atoms with Crippen LogP contribution in [-0.2, 0) is 9.59 Å². The van der Waals surface area contributed by atoms with Crippen LogP contribution in [0.15, 0.2) is 46.5 Å².